The number of hydrogen-bond acceptors (Lipinski definition) is 9. The van der Waals surface area contributed by atoms with Crippen molar-refractivity contribution in [2.24, 2.45) is 9.98 Å². The summed E-state index contributed by atoms with van der Waals surface area (Å²) in [5.41, 5.74) is 7.17. The van der Waals surface area contributed by atoms with Crippen molar-refractivity contribution >= 4 is 46.8 Å². The monoisotopic (exact) mass is 724 g/mol. The third kappa shape index (κ3) is 6.57. The summed E-state index contributed by atoms with van der Waals surface area (Å²) < 4.78 is 28.5. The molecule has 274 valence electrons. The summed E-state index contributed by atoms with van der Waals surface area (Å²) in [4.78, 5) is 40.4. The number of aliphatic imine (C=N–C) groups is 2. The Bertz CT molecular complexity index is 2240. The molecule has 11 heteroatoms. The number of ether oxygens (including phenoxy) is 5. The molecule has 2 amide bonds. The molecule has 0 aliphatic carbocycles. The van der Waals surface area contributed by atoms with Crippen LogP contribution in [0, 0.1) is 6.92 Å². The predicted molar refractivity (Wildman–Crippen MR) is 207 cm³/mol. The molecular formula is C43H40N4O7. The molecule has 4 aromatic carbocycles. The summed E-state index contributed by atoms with van der Waals surface area (Å²) in [6, 6.07) is 22.5. The van der Waals surface area contributed by atoms with E-state index in [9.17, 15) is 9.59 Å². The molecule has 0 bridgehead atoms. The number of carbonyl (C=O) groups excluding carboxylic acids is 2. The van der Waals surface area contributed by atoms with Crippen molar-refractivity contribution in [2.75, 3.05) is 34.5 Å². The summed E-state index contributed by atoms with van der Waals surface area (Å²) >= 11 is 0. The van der Waals surface area contributed by atoms with Gasteiger partial charge < -0.3 is 33.5 Å². The topological polar surface area (TPSA) is 111 Å². The standard InChI is InChI=1S/C43H40N4O7/c1-26-16-35-37(44-22-31-17-29(24-46(31)42(35)48)27-6-10-33(50-2)11-7-27)20-39(26)53-14-5-15-54-41-21-38-36(19-40(41)52-4)43(49)47-25-30(18-32(47)23-45-38)28-8-12-34(51-3)13-9-28/h6-13,16,19-25,31-32H,5,14-15,17-18H2,1-4H3. The van der Waals surface area contributed by atoms with Crippen molar-refractivity contribution in [1.29, 1.82) is 0 Å². The largest absolute Gasteiger partial charge is 0.497 e. The maximum absolute atomic E-state index is 13.7. The molecule has 0 spiro atoms. The first kappa shape index (κ1) is 34.7. The first-order chi connectivity index (χ1) is 26.3. The molecule has 8 rings (SSSR count). The van der Waals surface area contributed by atoms with Crippen molar-refractivity contribution in [3.05, 3.63) is 113 Å². The molecule has 0 saturated carbocycles. The molecule has 11 nitrogen and oxygen atoms in total. The van der Waals surface area contributed by atoms with E-state index in [1.54, 1.807) is 43.3 Å². The smallest absolute Gasteiger partial charge is 0.260 e. The fourth-order valence-corrected chi connectivity index (χ4v) is 7.19. The molecule has 0 radical (unpaired) electrons. The van der Waals surface area contributed by atoms with Crippen LogP contribution in [0.25, 0.3) is 11.1 Å². The molecule has 2 unspecified atom stereocenters. The summed E-state index contributed by atoms with van der Waals surface area (Å²) in [6.45, 7) is 2.65. The van der Waals surface area contributed by atoms with Crippen LogP contribution in [0.2, 0.25) is 0 Å². The Morgan fingerprint density at radius 2 is 1.09 bits per heavy atom. The third-order valence-corrected chi connectivity index (χ3v) is 10.2. The number of aryl methyl sites for hydroxylation is 1. The van der Waals surface area contributed by atoms with Gasteiger partial charge in [0.1, 0.15) is 17.2 Å². The van der Waals surface area contributed by atoms with Crippen molar-refractivity contribution in [3.8, 4) is 28.7 Å². The van der Waals surface area contributed by atoms with Crippen molar-refractivity contribution in [1.82, 2.24) is 9.80 Å². The van der Waals surface area contributed by atoms with Crippen LogP contribution in [0.15, 0.2) is 95.2 Å². The molecule has 4 aromatic rings. The third-order valence-electron chi connectivity index (χ3n) is 10.2. The number of benzene rings is 4. The second-order valence-electron chi connectivity index (χ2n) is 13.5. The first-order valence-corrected chi connectivity index (χ1v) is 17.9. The van der Waals surface area contributed by atoms with E-state index in [-0.39, 0.29) is 23.9 Å². The summed E-state index contributed by atoms with van der Waals surface area (Å²) in [5, 5.41) is 0. The summed E-state index contributed by atoms with van der Waals surface area (Å²) in [5.74, 6) is 2.95. The quantitative estimate of drug-likeness (QED) is 0.145. The lowest BCUT2D eigenvalue weighted by atomic mass is 10.0. The van der Waals surface area contributed by atoms with Gasteiger partial charge in [0.25, 0.3) is 11.8 Å². The minimum atomic E-state index is -0.193. The molecule has 54 heavy (non-hydrogen) atoms. The average molecular weight is 725 g/mol. The first-order valence-electron chi connectivity index (χ1n) is 17.9. The van der Waals surface area contributed by atoms with Crippen LogP contribution in [0.1, 0.15) is 56.7 Å². The van der Waals surface area contributed by atoms with Gasteiger partial charge in [-0.15, -0.1) is 0 Å². The van der Waals surface area contributed by atoms with E-state index in [0.29, 0.717) is 72.2 Å². The predicted octanol–water partition coefficient (Wildman–Crippen LogP) is 7.81. The Morgan fingerprint density at radius 1 is 0.611 bits per heavy atom. The van der Waals surface area contributed by atoms with Crippen LogP contribution in [0.3, 0.4) is 0 Å². The normalized spacial score (nSPS) is 18.1. The van der Waals surface area contributed by atoms with Crippen LogP contribution < -0.4 is 23.7 Å². The molecule has 4 aliphatic heterocycles. The van der Waals surface area contributed by atoms with Crippen molar-refractivity contribution in [3.63, 3.8) is 0 Å². The highest BCUT2D eigenvalue weighted by Gasteiger charge is 2.35. The van der Waals surface area contributed by atoms with E-state index in [4.69, 9.17) is 33.7 Å². The van der Waals surface area contributed by atoms with Gasteiger partial charge in [0.2, 0.25) is 0 Å². The number of hydrogen-bond donors (Lipinski definition) is 0. The van der Waals surface area contributed by atoms with Crippen molar-refractivity contribution in [2.45, 2.75) is 38.3 Å². The summed E-state index contributed by atoms with van der Waals surface area (Å²) in [7, 11) is 4.83. The molecule has 4 heterocycles. The van der Waals surface area contributed by atoms with Gasteiger partial charge in [0.15, 0.2) is 11.5 Å². The van der Waals surface area contributed by atoms with Crippen LogP contribution in [0.4, 0.5) is 11.4 Å². The Balaban J connectivity index is 0.893. The van der Waals surface area contributed by atoms with Gasteiger partial charge in [0, 0.05) is 56.2 Å². The van der Waals surface area contributed by atoms with E-state index >= 15 is 0 Å². The molecule has 0 saturated heterocycles. The van der Waals surface area contributed by atoms with Gasteiger partial charge >= 0.3 is 0 Å². The SMILES string of the molecule is COc1ccc(C2=CN3C(=O)c4cc(C)c(OCCCOc5cc6c(cc5OC)C(=O)N5C=C(c7ccc(OC)cc7)CC5C=N6)cc4N=CC3C2)cc1. The molecule has 0 fully saturated rings. The van der Waals surface area contributed by atoms with Crippen LogP contribution in [0.5, 0.6) is 28.7 Å². The number of amides is 2. The van der Waals surface area contributed by atoms with E-state index in [0.717, 1.165) is 39.3 Å². The zero-order valence-electron chi connectivity index (χ0n) is 30.6. The highest BCUT2D eigenvalue weighted by atomic mass is 16.5. The zero-order valence-corrected chi connectivity index (χ0v) is 30.6. The fraction of sp³-hybridized carbons (Fsp3) is 0.256. The van der Waals surface area contributed by atoms with Gasteiger partial charge in [-0.05, 0) is 71.2 Å². The molecule has 4 aliphatic rings. The van der Waals surface area contributed by atoms with Gasteiger partial charge in [-0.1, -0.05) is 24.3 Å². The number of nitrogens with zero attached hydrogens (tertiary/aromatic N) is 4. The lowest BCUT2D eigenvalue weighted by Gasteiger charge is -2.19. The molecule has 0 aromatic heterocycles. The highest BCUT2D eigenvalue weighted by molar-refractivity contribution is 6.06. The number of methoxy groups -OCH3 is 3. The molecular weight excluding hydrogens is 684 g/mol. The molecule has 2 atom stereocenters. The Morgan fingerprint density at radius 3 is 1.59 bits per heavy atom. The second-order valence-corrected chi connectivity index (χ2v) is 13.5. The van der Waals surface area contributed by atoms with Gasteiger partial charge in [-0.2, -0.15) is 0 Å². The maximum Gasteiger partial charge on any atom is 0.260 e. The second kappa shape index (κ2) is 14.6. The van der Waals surface area contributed by atoms with Crippen LogP contribution >= 0.6 is 0 Å². The Kier molecular flexibility index (Phi) is 9.37. The van der Waals surface area contributed by atoms with Gasteiger partial charge in [-0.3, -0.25) is 19.6 Å². The minimum absolute atomic E-state index is 0.0880. The van der Waals surface area contributed by atoms with Gasteiger partial charge in [-0.25, -0.2) is 0 Å². The summed E-state index contributed by atoms with van der Waals surface area (Å²) in [6.07, 6.45) is 9.41. The van der Waals surface area contributed by atoms with Gasteiger partial charge in [0.05, 0.1) is 69.1 Å². The number of fused-ring (bicyclic) bond motifs is 4. The van der Waals surface area contributed by atoms with Crippen molar-refractivity contribution < 1.29 is 33.3 Å². The average Bonchev–Trinajstić information content (AvgIpc) is 3.78. The lowest BCUT2D eigenvalue weighted by Crippen LogP contribution is -2.32. The van der Waals surface area contributed by atoms with E-state index in [1.807, 2.05) is 92.4 Å². The highest BCUT2D eigenvalue weighted by Crippen LogP contribution is 2.41. The Hall–Kier alpha value is -6.36. The zero-order chi connectivity index (χ0) is 37.3. The lowest BCUT2D eigenvalue weighted by molar-refractivity contribution is 0.0809. The maximum atomic E-state index is 13.7. The fourth-order valence-electron chi connectivity index (χ4n) is 7.19. The van der Waals surface area contributed by atoms with E-state index < -0.39 is 0 Å². The molecule has 0 N–H and O–H groups in total. The number of carbonyl (C=O) groups is 2. The minimum Gasteiger partial charge on any atom is -0.497 e. The van der Waals surface area contributed by atoms with E-state index in [2.05, 4.69) is 0 Å². The van der Waals surface area contributed by atoms with Crippen LogP contribution in [-0.4, -0.2) is 80.7 Å². The van der Waals surface area contributed by atoms with Crippen LogP contribution in [-0.2, 0) is 0 Å². The van der Waals surface area contributed by atoms with E-state index in [1.165, 1.54) is 0 Å². The Labute approximate surface area is 313 Å². The number of rotatable bonds is 11.